The Bertz CT molecular complexity index is 1030. The maximum absolute atomic E-state index is 13.4. The molecule has 1 heterocycles. The quantitative estimate of drug-likeness (QED) is 0.340. The third kappa shape index (κ3) is 5.16. The molecular weight excluding hydrogens is 471 g/mol. The molecule has 0 aliphatic carbocycles. The van der Waals surface area contributed by atoms with Crippen LogP contribution < -0.4 is 10.2 Å². The maximum Gasteiger partial charge on any atom is 0.347 e. The molecule has 2 aromatic carbocycles. The van der Waals surface area contributed by atoms with Gasteiger partial charge in [-0.05, 0) is 69.3 Å². The van der Waals surface area contributed by atoms with Gasteiger partial charge in [-0.15, -0.1) is 0 Å². The Morgan fingerprint density at radius 1 is 1.09 bits per heavy atom. The van der Waals surface area contributed by atoms with Crippen molar-refractivity contribution < 1.29 is 24.3 Å². The summed E-state index contributed by atoms with van der Waals surface area (Å²) in [6.45, 7) is 4.75. The van der Waals surface area contributed by atoms with Gasteiger partial charge < -0.3 is 15.0 Å². The number of anilines is 2. The molecule has 2 aromatic rings. The van der Waals surface area contributed by atoms with E-state index in [1.165, 1.54) is 9.80 Å². The van der Waals surface area contributed by atoms with Gasteiger partial charge in [-0.25, -0.2) is 9.59 Å². The van der Waals surface area contributed by atoms with Crippen LogP contribution in [0.2, 0.25) is 10.0 Å². The summed E-state index contributed by atoms with van der Waals surface area (Å²) < 4.78 is 5.00. The number of carbonyl (C=O) groups is 3. The first-order valence-corrected chi connectivity index (χ1v) is 10.9. The van der Waals surface area contributed by atoms with Crippen LogP contribution in [0.15, 0.2) is 48.5 Å². The van der Waals surface area contributed by atoms with E-state index in [1.807, 2.05) is 0 Å². The first-order chi connectivity index (χ1) is 15.6. The highest BCUT2D eigenvalue weighted by Gasteiger charge is 2.56. The Hall–Kier alpha value is -3.01. The minimum absolute atomic E-state index is 0.154. The molecule has 1 fully saturated rings. The summed E-state index contributed by atoms with van der Waals surface area (Å²) in [6.07, 6.45) is -1.19. The Morgan fingerprint density at radius 3 is 2.18 bits per heavy atom. The number of carbonyl (C=O) groups excluding carboxylic acids is 3. The van der Waals surface area contributed by atoms with Crippen molar-refractivity contribution >= 4 is 52.6 Å². The van der Waals surface area contributed by atoms with E-state index in [9.17, 15) is 19.6 Å². The second kappa shape index (κ2) is 9.86. The van der Waals surface area contributed by atoms with Gasteiger partial charge in [0.1, 0.15) is 6.54 Å². The summed E-state index contributed by atoms with van der Waals surface area (Å²) in [7, 11) is 0. The highest BCUT2D eigenvalue weighted by atomic mass is 35.5. The van der Waals surface area contributed by atoms with Crippen LogP contribution >= 0.6 is 23.2 Å². The van der Waals surface area contributed by atoms with Crippen molar-refractivity contribution in [1.29, 1.82) is 0 Å². The number of amides is 4. The van der Waals surface area contributed by atoms with Gasteiger partial charge in [0.2, 0.25) is 0 Å². The Kier molecular flexibility index (Phi) is 7.36. The zero-order valence-electron chi connectivity index (χ0n) is 18.3. The lowest BCUT2D eigenvalue weighted by Crippen LogP contribution is -2.58. The van der Waals surface area contributed by atoms with E-state index in [0.717, 1.165) is 0 Å². The SMILES string of the molecule is CCOC(=O)CN1C(=O)N(c2ccc(Cl)cc2)C(N(O)C(=O)Nc2ccc(Cl)cc2)C1(C)C. The number of esters is 1. The van der Waals surface area contributed by atoms with Crippen molar-refractivity contribution in [3.05, 3.63) is 58.6 Å². The number of nitrogens with one attached hydrogen (secondary N) is 1. The summed E-state index contributed by atoms with van der Waals surface area (Å²) in [5.74, 6) is -0.606. The molecule has 0 radical (unpaired) electrons. The molecular formula is C22H24Cl2N4O5. The monoisotopic (exact) mass is 494 g/mol. The second-order valence-electron chi connectivity index (χ2n) is 7.83. The summed E-state index contributed by atoms with van der Waals surface area (Å²) in [4.78, 5) is 41.0. The number of hydrogen-bond donors (Lipinski definition) is 2. The van der Waals surface area contributed by atoms with Crippen LogP contribution in [0.5, 0.6) is 0 Å². The average molecular weight is 495 g/mol. The Labute approximate surface area is 201 Å². The third-order valence-corrected chi connectivity index (χ3v) is 5.75. The van der Waals surface area contributed by atoms with E-state index in [-0.39, 0.29) is 13.2 Å². The lowest BCUT2D eigenvalue weighted by molar-refractivity contribution is -0.145. The molecule has 9 nitrogen and oxygen atoms in total. The fourth-order valence-corrected chi connectivity index (χ4v) is 3.88. The molecule has 4 amide bonds. The van der Waals surface area contributed by atoms with Crippen LogP contribution in [0.4, 0.5) is 21.0 Å². The zero-order valence-corrected chi connectivity index (χ0v) is 19.8. The number of ether oxygens (including phenoxy) is 1. The van der Waals surface area contributed by atoms with E-state index in [0.29, 0.717) is 26.5 Å². The molecule has 176 valence electrons. The topological polar surface area (TPSA) is 102 Å². The van der Waals surface area contributed by atoms with Gasteiger partial charge in [-0.3, -0.25) is 14.9 Å². The van der Waals surface area contributed by atoms with Gasteiger partial charge in [0.25, 0.3) is 0 Å². The van der Waals surface area contributed by atoms with Crippen LogP contribution in [0.3, 0.4) is 0 Å². The van der Waals surface area contributed by atoms with E-state index < -0.39 is 29.7 Å². The van der Waals surface area contributed by atoms with Crippen molar-refractivity contribution in [3.8, 4) is 0 Å². The lowest BCUT2D eigenvalue weighted by Gasteiger charge is -2.38. The summed E-state index contributed by atoms with van der Waals surface area (Å²) in [6, 6.07) is 11.2. The number of hydroxylamine groups is 2. The molecule has 1 saturated heterocycles. The normalized spacial score (nSPS) is 17.2. The molecule has 3 rings (SSSR count). The van der Waals surface area contributed by atoms with Crippen molar-refractivity contribution in [2.75, 3.05) is 23.4 Å². The lowest BCUT2D eigenvalue weighted by atomic mass is 10.00. The van der Waals surface area contributed by atoms with Crippen molar-refractivity contribution in [1.82, 2.24) is 9.96 Å². The molecule has 2 N–H and O–H groups in total. The molecule has 0 spiro atoms. The fourth-order valence-electron chi connectivity index (χ4n) is 3.63. The number of urea groups is 2. The van der Waals surface area contributed by atoms with Gasteiger partial charge in [0.15, 0.2) is 6.17 Å². The predicted octanol–water partition coefficient (Wildman–Crippen LogP) is 4.83. The van der Waals surface area contributed by atoms with Gasteiger partial charge in [0.05, 0.1) is 12.1 Å². The van der Waals surface area contributed by atoms with E-state index in [1.54, 1.807) is 69.3 Å². The van der Waals surface area contributed by atoms with Crippen molar-refractivity contribution in [2.45, 2.75) is 32.5 Å². The zero-order chi connectivity index (χ0) is 24.3. The number of rotatable bonds is 6. The molecule has 0 saturated carbocycles. The smallest absolute Gasteiger partial charge is 0.347 e. The molecule has 1 aliphatic rings. The summed E-state index contributed by atoms with van der Waals surface area (Å²) in [5, 5.41) is 14.9. The Balaban J connectivity index is 1.96. The van der Waals surface area contributed by atoms with Gasteiger partial charge in [-0.1, -0.05) is 23.2 Å². The van der Waals surface area contributed by atoms with Crippen molar-refractivity contribution in [3.63, 3.8) is 0 Å². The first kappa shape index (κ1) is 24.6. The highest BCUT2D eigenvalue weighted by Crippen LogP contribution is 2.38. The summed E-state index contributed by atoms with van der Waals surface area (Å²) >= 11 is 11.9. The Morgan fingerprint density at radius 2 is 1.64 bits per heavy atom. The number of halogens is 2. The molecule has 33 heavy (non-hydrogen) atoms. The minimum Gasteiger partial charge on any atom is -0.465 e. The fraction of sp³-hybridized carbons (Fsp3) is 0.318. The largest absolute Gasteiger partial charge is 0.465 e. The molecule has 11 heteroatoms. The molecule has 0 bridgehead atoms. The van der Waals surface area contributed by atoms with Crippen LogP contribution in [0.1, 0.15) is 20.8 Å². The predicted molar refractivity (Wildman–Crippen MR) is 125 cm³/mol. The maximum atomic E-state index is 13.4. The van der Waals surface area contributed by atoms with E-state index >= 15 is 0 Å². The van der Waals surface area contributed by atoms with Gasteiger partial charge >= 0.3 is 18.0 Å². The highest BCUT2D eigenvalue weighted by molar-refractivity contribution is 6.31. The number of nitrogens with zero attached hydrogens (tertiary/aromatic N) is 3. The van der Waals surface area contributed by atoms with Crippen LogP contribution in [0.25, 0.3) is 0 Å². The van der Waals surface area contributed by atoms with Gasteiger partial charge in [-0.2, -0.15) is 5.06 Å². The van der Waals surface area contributed by atoms with E-state index in [4.69, 9.17) is 27.9 Å². The molecule has 1 atom stereocenters. The van der Waals surface area contributed by atoms with Crippen molar-refractivity contribution in [2.24, 2.45) is 0 Å². The van der Waals surface area contributed by atoms with Gasteiger partial charge in [0, 0.05) is 21.4 Å². The standard InChI is InChI=1S/C22H24Cl2N4O5/c1-4-33-18(29)13-26-21(31)27(17-11-7-15(24)8-12-17)19(22(26,2)3)28(32)20(30)25-16-9-5-14(23)6-10-16/h5-12,19,32H,4,13H2,1-3H3,(H,25,30). The molecule has 0 aromatic heterocycles. The van der Waals surface area contributed by atoms with E-state index in [2.05, 4.69) is 5.32 Å². The third-order valence-electron chi connectivity index (χ3n) is 5.24. The van der Waals surface area contributed by atoms with Crippen LogP contribution in [-0.4, -0.2) is 58.1 Å². The second-order valence-corrected chi connectivity index (χ2v) is 8.70. The number of benzene rings is 2. The van der Waals surface area contributed by atoms with Crippen LogP contribution in [0, 0.1) is 0 Å². The molecule has 1 unspecified atom stereocenters. The minimum atomic E-state index is -1.19. The molecule has 1 aliphatic heterocycles. The van der Waals surface area contributed by atoms with Crippen LogP contribution in [-0.2, 0) is 9.53 Å². The number of hydrogen-bond acceptors (Lipinski definition) is 5. The first-order valence-electron chi connectivity index (χ1n) is 10.1. The average Bonchev–Trinajstić information content (AvgIpc) is 2.95. The summed E-state index contributed by atoms with van der Waals surface area (Å²) in [5.41, 5.74) is -0.408.